The lowest BCUT2D eigenvalue weighted by atomic mass is 10.1. The van der Waals surface area contributed by atoms with E-state index in [1.165, 1.54) is 12.1 Å². The van der Waals surface area contributed by atoms with E-state index >= 15 is 0 Å². The zero-order valence-corrected chi connectivity index (χ0v) is 11.0. The molecule has 0 fully saturated rings. The number of hydrogen-bond donors (Lipinski definition) is 2. The number of amides is 1. The number of benzene rings is 1. The van der Waals surface area contributed by atoms with Gasteiger partial charge in [-0.1, -0.05) is 12.1 Å². The van der Waals surface area contributed by atoms with Gasteiger partial charge in [-0.2, -0.15) is 5.10 Å². The van der Waals surface area contributed by atoms with Gasteiger partial charge in [0.15, 0.2) is 5.69 Å². The van der Waals surface area contributed by atoms with Crippen LogP contribution in [0.4, 0.5) is 4.39 Å². The standard InChI is InChI=1S/C14H16FN3O/c1-9-10(2)17-18-13(9)14(19)16-8-7-11-3-5-12(15)6-4-11/h3-6H,7-8H2,1-2H3,(H,16,19)(H,17,18). The van der Waals surface area contributed by atoms with Gasteiger partial charge in [0, 0.05) is 17.8 Å². The third-order valence-corrected chi connectivity index (χ3v) is 3.08. The fraction of sp³-hybridized carbons (Fsp3) is 0.286. The maximum absolute atomic E-state index is 12.7. The zero-order chi connectivity index (χ0) is 13.8. The Kier molecular flexibility index (Phi) is 3.94. The van der Waals surface area contributed by atoms with Crippen LogP contribution in [0.3, 0.4) is 0 Å². The van der Waals surface area contributed by atoms with Gasteiger partial charge in [-0.25, -0.2) is 4.39 Å². The van der Waals surface area contributed by atoms with E-state index in [0.717, 1.165) is 16.8 Å². The lowest BCUT2D eigenvalue weighted by molar-refractivity contribution is 0.0948. The van der Waals surface area contributed by atoms with Crippen molar-refractivity contribution in [2.45, 2.75) is 20.3 Å². The van der Waals surface area contributed by atoms with Crippen LogP contribution >= 0.6 is 0 Å². The van der Waals surface area contributed by atoms with Crippen molar-refractivity contribution in [2.24, 2.45) is 0 Å². The second-order valence-electron chi connectivity index (χ2n) is 4.45. The Labute approximate surface area is 111 Å². The molecule has 100 valence electrons. The molecule has 0 saturated carbocycles. The summed E-state index contributed by atoms with van der Waals surface area (Å²) in [5.74, 6) is -0.445. The van der Waals surface area contributed by atoms with E-state index in [9.17, 15) is 9.18 Å². The summed E-state index contributed by atoms with van der Waals surface area (Å²) in [4.78, 5) is 11.9. The van der Waals surface area contributed by atoms with Gasteiger partial charge in [0.25, 0.3) is 5.91 Å². The molecule has 0 atom stereocenters. The van der Waals surface area contributed by atoms with Crippen LogP contribution in [0.2, 0.25) is 0 Å². The molecular weight excluding hydrogens is 245 g/mol. The van der Waals surface area contributed by atoms with Gasteiger partial charge in [-0.15, -0.1) is 0 Å². The third kappa shape index (κ3) is 3.19. The first kappa shape index (κ1) is 13.3. The highest BCUT2D eigenvalue weighted by Gasteiger charge is 2.13. The minimum Gasteiger partial charge on any atom is -0.350 e. The van der Waals surface area contributed by atoms with Crippen molar-refractivity contribution in [3.05, 3.63) is 52.6 Å². The van der Waals surface area contributed by atoms with Crippen LogP contribution in [0.15, 0.2) is 24.3 Å². The highest BCUT2D eigenvalue weighted by molar-refractivity contribution is 5.93. The summed E-state index contributed by atoms with van der Waals surface area (Å²) < 4.78 is 12.7. The van der Waals surface area contributed by atoms with Crippen LogP contribution < -0.4 is 5.32 Å². The second kappa shape index (κ2) is 5.65. The smallest absolute Gasteiger partial charge is 0.272 e. The lowest BCUT2D eigenvalue weighted by Crippen LogP contribution is -2.26. The Morgan fingerprint density at radius 2 is 2.00 bits per heavy atom. The van der Waals surface area contributed by atoms with Gasteiger partial charge < -0.3 is 5.32 Å². The highest BCUT2D eigenvalue weighted by Crippen LogP contribution is 2.08. The third-order valence-electron chi connectivity index (χ3n) is 3.08. The molecule has 1 aromatic heterocycles. The van der Waals surface area contributed by atoms with E-state index in [-0.39, 0.29) is 11.7 Å². The topological polar surface area (TPSA) is 57.8 Å². The van der Waals surface area contributed by atoms with Crippen molar-refractivity contribution >= 4 is 5.91 Å². The van der Waals surface area contributed by atoms with E-state index in [4.69, 9.17) is 0 Å². The summed E-state index contributed by atoms with van der Waals surface area (Å²) in [5, 5.41) is 9.55. The fourth-order valence-electron chi connectivity index (χ4n) is 1.76. The molecule has 2 N–H and O–H groups in total. The molecule has 0 unspecified atom stereocenters. The molecule has 0 bridgehead atoms. The molecule has 1 amide bonds. The van der Waals surface area contributed by atoms with Crippen molar-refractivity contribution in [3.63, 3.8) is 0 Å². The van der Waals surface area contributed by atoms with Crippen molar-refractivity contribution in [1.82, 2.24) is 15.5 Å². The maximum atomic E-state index is 12.7. The molecule has 0 aliphatic carbocycles. The summed E-state index contributed by atoms with van der Waals surface area (Å²) >= 11 is 0. The van der Waals surface area contributed by atoms with Crippen LogP contribution in [0.5, 0.6) is 0 Å². The first-order chi connectivity index (χ1) is 9.08. The number of halogens is 1. The van der Waals surface area contributed by atoms with Crippen molar-refractivity contribution in [1.29, 1.82) is 0 Å². The summed E-state index contributed by atoms with van der Waals surface area (Å²) in [6.07, 6.45) is 0.661. The molecule has 1 aromatic carbocycles. The Morgan fingerprint density at radius 3 is 2.58 bits per heavy atom. The van der Waals surface area contributed by atoms with Crippen molar-refractivity contribution in [3.8, 4) is 0 Å². The quantitative estimate of drug-likeness (QED) is 0.886. The molecule has 0 radical (unpaired) electrons. The maximum Gasteiger partial charge on any atom is 0.272 e. The van der Waals surface area contributed by atoms with Gasteiger partial charge in [0.05, 0.1) is 0 Å². The Bertz CT molecular complexity index is 575. The number of nitrogens with one attached hydrogen (secondary N) is 2. The average molecular weight is 261 g/mol. The van der Waals surface area contributed by atoms with Gasteiger partial charge >= 0.3 is 0 Å². The molecule has 0 saturated heterocycles. The molecule has 1 heterocycles. The number of aromatic amines is 1. The summed E-state index contributed by atoms with van der Waals surface area (Å²) in [6, 6.07) is 6.26. The molecular formula is C14H16FN3O. The molecule has 2 rings (SSSR count). The summed E-state index contributed by atoms with van der Waals surface area (Å²) in [6.45, 7) is 4.22. The minimum atomic E-state index is -0.254. The van der Waals surface area contributed by atoms with E-state index in [1.807, 2.05) is 13.8 Å². The molecule has 0 aliphatic rings. The summed E-state index contributed by atoms with van der Waals surface area (Å²) in [5.41, 5.74) is 3.16. The Hall–Kier alpha value is -2.17. The monoisotopic (exact) mass is 261 g/mol. The number of hydrogen-bond acceptors (Lipinski definition) is 2. The number of carbonyl (C=O) groups is 1. The SMILES string of the molecule is Cc1[nH]nc(C(=O)NCCc2ccc(F)cc2)c1C. The molecule has 4 nitrogen and oxygen atoms in total. The van der Waals surface area contributed by atoms with E-state index in [1.54, 1.807) is 12.1 Å². The highest BCUT2D eigenvalue weighted by atomic mass is 19.1. The first-order valence-electron chi connectivity index (χ1n) is 6.12. The Morgan fingerprint density at radius 1 is 1.32 bits per heavy atom. The number of carbonyl (C=O) groups excluding carboxylic acids is 1. The van der Waals surface area contributed by atoms with E-state index in [0.29, 0.717) is 18.7 Å². The Balaban J connectivity index is 1.87. The van der Waals surface area contributed by atoms with Crippen molar-refractivity contribution in [2.75, 3.05) is 6.54 Å². The van der Waals surface area contributed by atoms with Gasteiger partial charge in [0.2, 0.25) is 0 Å². The largest absolute Gasteiger partial charge is 0.350 e. The summed E-state index contributed by atoms with van der Waals surface area (Å²) in [7, 11) is 0. The first-order valence-corrected chi connectivity index (χ1v) is 6.12. The predicted molar refractivity (Wildman–Crippen MR) is 70.5 cm³/mol. The molecule has 2 aromatic rings. The minimum absolute atomic E-state index is 0.191. The van der Waals surface area contributed by atoms with Gasteiger partial charge in [-0.05, 0) is 38.0 Å². The number of nitrogens with zero attached hydrogens (tertiary/aromatic N) is 1. The van der Waals surface area contributed by atoms with Crippen LogP contribution in [-0.4, -0.2) is 22.6 Å². The van der Waals surface area contributed by atoms with Gasteiger partial charge in [0.1, 0.15) is 5.82 Å². The van der Waals surface area contributed by atoms with Crippen LogP contribution in [0, 0.1) is 19.7 Å². The number of aromatic nitrogens is 2. The van der Waals surface area contributed by atoms with Crippen LogP contribution in [0.25, 0.3) is 0 Å². The molecule has 19 heavy (non-hydrogen) atoms. The van der Waals surface area contributed by atoms with E-state index < -0.39 is 0 Å². The fourth-order valence-corrected chi connectivity index (χ4v) is 1.76. The van der Waals surface area contributed by atoms with Crippen LogP contribution in [0.1, 0.15) is 27.3 Å². The second-order valence-corrected chi connectivity index (χ2v) is 4.45. The van der Waals surface area contributed by atoms with Crippen LogP contribution in [-0.2, 0) is 6.42 Å². The van der Waals surface area contributed by atoms with Gasteiger partial charge in [-0.3, -0.25) is 9.89 Å². The number of rotatable bonds is 4. The molecule has 0 aliphatic heterocycles. The lowest BCUT2D eigenvalue weighted by Gasteiger charge is -2.04. The average Bonchev–Trinajstić information content (AvgIpc) is 2.72. The van der Waals surface area contributed by atoms with E-state index in [2.05, 4.69) is 15.5 Å². The molecule has 5 heteroatoms. The predicted octanol–water partition coefficient (Wildman–Crippen LogP) is 2.14. The normalized spacial score (nSPS) is 10.5. The molecule has 0 spiro atoms. The van der Waals surface area contributed by atoms with Crippen molar-refractivity contribution < 1.29 is 9.18 Å². The zero-order valence-electron chi connectivity index (χ0n) is 11.0. The number of H-pyrrole nitrogens is 1. The number of aryl methyl sites for hydroxylation is 1.